The minimum absolute atomic E-state index is 0.00450. The van der Waals surface area contributed by atoms with E-state index in [-0.39, 0.29) is 5.91 Å². The van der Waals surface area contributed by atoms with E-state index in [1.54, 1.807) is 0 Å². The Labute approximate surface area is 350 Å². The highest BCUT2D eigenvalue weighted by molar-refractivity contribution is 5.84. The van der Waals surface area contributed by atoms with Gasteiger partial charge in [0.05, 0.1) is 13.0 Å². The molecule has 9 aromatic rings. The van der Waals surface area contributed by atoms with Crippen molar-refractivity contribution >= 4 is 28.2 Å². The zero-order valence-electron chi connectivity index (χ0n) is 33.1. The van der Waals surface area contributed by atoms with Crippen LogP contribution in [-0.2, 0) is 11.2 Å². The van der Waals surface area contributed by atoms with Crippen LogP contribution < -0.4 is 31.5 Å². The molecule has 9 heterocycles. The Hall–Kier alpha value is -8.18. The first-order valence-corrected chi connectivity index (χ1v) is 20.2. The molecule has 0 unspecified atom stereocenters. The second-order valence-electron chi connectivity index (χ2n) is 14.8. The van der Waals surface area contributed by atoms with Crippen LogP contribution in [0.5, 0.6) is 5.75 Å². The fourth-order valence-electron chi connectivity index (χ4n) is 8.05. The van der Waals surface area contributed by atoms with Gasteiger partial charge in [-0.3, -0.25) is 19.7 Å². The number of rotatable bonds is 11. The van der Waals surface area contributed by atoms with E-state index in [4.69, 9.17) is 4.74 Å². The smallest absolute Gasteiger partial charge is 0.224 e. The van der Waals surface area contributed by atoms with Crippen LogP contribution in [0.15, 0.2) is 165 Å². The molecule has 0 saturated carbocycles. The lowest BCUT2D eigenvalue weighted by Crippen LogP contribution is -2.26. The number of aromatic nitrogens is 8. The van der Waals surface area contributed by atoms with Gasteiger partial charge in [-0.15, -0.1) is 0 Å². The van der Waals surface area contributed by atoms with Crippen molar-refractivity contribution in [3.8, 4) is 5.75 Å². The summed E-state index contributed by atoms with van der Waals surface area (Å²) in [5.74, 6) is 0.750. The van der Waals surface area contributed by atoms with E-state index in [9.17, 15) is 4.79 Å². The maximum atomic E-state index is 12.3. The number of nitrogens with zero attached hydrogens (tertiary/aromatic N) is 3. The summed E-state index contributed by atoms with van der Waals surface area (Å²) in [5.41, 5.74) is 12.9. The fourth-order valence-corrected chi connectivity index (χ4v) is 8.05. The first-order valence-electron chi connectivity index (χ1n) is 20.2. The lowest BCUT2D eigenvalue weighted by molar-refractivity contribution is -0.120. The van der Waals surface area contributed by atoms with E-state index in [1.807, 2.05) is 104 Å². The third-order valence-corrected chi connectivity index (χ3v) is 10.9. The predicted octanol–water partition coefficient (Wildman–Crippen LogP) is 4.94. The van der Waals surface area contributed by atoms with Crippen LogP contribution in [0.1, 0.15) is 57.0 Å². The Morgan fingerprint density at radius 3 is 1.33 bits per heavy atom. The van der Waals surface area contributed by atoms with Crippen molar-refractivity contribution in [1.82, 2.24) is 45.2 Å². The number of carbonyl (C=O) groups excluding carboxylic acids is 1. The molecular weight excluding hydrogens is 759 g/mol. The maximum absolute atomic E-state index is 12.3. The van der Waals surface area contributed by atoms with Crippen molar-refractivity contribution < 1.29 is 9.53 Å². The first-order chi connectivity index (χ1) is 30.1. The topological polar surface area (TPSA) is 156 Å². The number of aromatic amines is 5. The van der Waals surface area contributed by atoms with E-state index < -0.39 is 0 Å². The zero-order valence-corrected chi connectivity index (χ0v) is 33.1. The maximum Gasteiger partial charge on any atom is 0.224 e. The summed E-state index contributed by atoms with van der Waals surface area (Å²) in [5, 5.41) is 6.78. The summed E-state index contributed by atoms with van der Waals surface area (Å²) in [7, 11) is 0. The van der Waals surface area contributed by atoms with E-state index in [1.165, 1.54) is 0 Å². The summed E-state index contributed by atoms with van der Waals surface area (Å²) < 4.78 is 6.13. The molecule has 8 bridgehead atoms. The van der Waals surface area contributed by atoms with E-state index in [0.717, 1.165) is 100 Å². The Balaban J connectivity index is 1.09. The van der Waals surface area contributed by atoms with Crippen LogP contribution in [0.3, 0.4) is 0 Å². The van der Waals surface area contributed by atoms with Crippen molar-refractivity contribution in [1.29, 1.82) is 0 Å². The predicted molar refractivity (Wildman–Crippen MR) is 235 cm³/mol. The molecule has 10 rings (SSSR count). The molecule has 1 aromatic carbocycles. The van der Waals surface area contributed by atoms with Gasteiger partial charge in [0.1, 0.15) is 5.75 Å². The highest BCUT2D eigenvalue weighted by Gasteiger charge is 2.18. The third-order valence-electron chi connectivity index (χ3n) is 10.9. The Bertz CT molecular complexity index is 3200. The molecule has 1 aliphatic rings. The Morgan fingerprint density at radius 2 is 0.918 bits per heavy atom. The van der Waals surface area contributed by atoms with Crippen molar-refractivity contribution in [2.45, 2.75) is 12.8 Å². The molecule has 0 radical (unpaired) electrons. The van der Waals surface area contributed by atoms with Crippen LogP contribution in [-0.4, -0.2) is 58.9 Å². The molecule has 0 aliphatic carbocycles. The highest BCUT2D eigenvalue weighted by atomic mass is 16.5. The molecule has 1 aliphatic heterocycles. The largest absolute Gasteiger partial charge is 0.494 e. The molecule has 298 valence electrons. The lowest BCUT2D eigenvalue weighted by Gasteiger charge is -2.11. The van der Waals surface area contributed by atoms with Gasteiger partial charge in [-0.25, -0.2) is 0 Å². The van der Waals surface area contributed by atoms with E-state index >= 15 is 0 Å². The van der Waals surface area contributed by atoms with Gasteiger partial charge >= 0.3 is 0 Å². The van der Waals surface area contributed by atoms with Gasteiger partial charge in [0.2, 0.25) is 5.91 Å². The van der Waals surface area contributed by atoms with Crippen LogP contribution in [0, 0.1) is 0 Å². The molecule has 0 atom stereocenters. The second-order valence-corrected chi connectivity index (χ2v) is 14.8. The molecule has 11 heteroatoms. The number of ether oxygens (including phenoxy) is 1. The van der Waals surface area contributed by atoms with Crippen LogP contribution in [0.25, 0.3) is 22.3 Å². The van der Waals surface area contributed by atoms with Gasteiger partial charge in [0, 0.05) is 123 Å². The average molecular weight is 800 g/mol. The fraction of sp³-hybridized carbons (Fsp3) is 0.0800. The molecule has 0 spiro atoms. The summed E-state index contributed by atoms with van der Waals surface area (Å²) >= 11 is 0. The molecule has 0 fully saturated rings. The van der Waals surface area contributed by atoms with Crippen molar-refractivity contribution in [2.75, 3.05) is 13.2 Å². The zero-order chi connectivity index (χ0) is 41.0. The lowest BCUT2D eigenvalue weighted by atomic mass is 10.0. The number of carbonyl (C=O) groups is 1. The van der Waals surface area contributed by atoms with Gasteiger partial charge in [-0.2, -0.15) is 0 Å². The SMILES string of the molecule is O=C(Cc1cc[nH]c1)NCCCOc1ccc(C2=c3ccc([nH]3)=C(c3ccncc3)c3ccc([nH]3)C(c3ccncc3)=c3ccc([nH]3)=C(c3ccncc3)c3ccc2[nH]3)cc1. The molecule has 1 amide bonds. The molecule has 61 heavy (non-hydrogen) atoms. The number of hydrogen-bond acceptors (Lipinski definition) is 5. The summed E-state index contributed by atoms with van der Waals surface area (Å²) in [4.78, 5) is 43.5. The molecule has 0 saturated heterocycles. The van der Waals surface area contributed by atoms with Crippen LogP contribution in [0.2, 0.25) is 0 Å². The number of fused-ring (bicyclic) bond motifs is 8. The molecule has 6 N–H and O–H groups in total. The standard InChI is InChI=1S/C50H41N9O2/c60-46(30-32-14-22-54-31-32)55-21-1-29-61-37-4-2-33(3-5-37)47-38-6-8-40(56-38)48(34-15-23-51-24-16-34)42-10-12-44(58-42)50(36-19-27-53-28-20-36)45-13-11-43(59-45)49(35-17-25-52-26-18-35)41-9-7-39(47)57-41/h2-20,22-28,31,54,56-59H,1,21,29-30H2,(H,55,60). The molecule has 8 aromatic heterocycles. The van der Waals surface area contributed by atoms with Crippen molar-refractivity contribution in [3.63, 3.8) is 0 Å². The van der Waals surface area contributed by atoms with Crippen LogP contribution in [0.4, 0.5) is 0 Å². The number of benzene rings is 1. The minimum Gasteiger partial charge on any atom is -0.494 e. The second kappa shape index (κ2) is 16.6. The summed E-state index contributed by atoms with van der Waals surface area (Å²) in [6, 6.07) is 39.4. The summed E-state index contributed by atoms with van der Waals surface area (Å²) in [6.45, 7) is 1.02. The van der Waals surface area contributed by atoms with E-state index in [0.29, 0.717) is 26.0 Å². The third kappa shape index (κ3) is 7.75. The monoisotopic (exact) mass is 799 g/mol. The quantitative estimate of drug-likeness (QED) is 0.102. The van der Waals surface area contributed by atoms with E-state index in [2.05, 4.69) is 106 Å². The van der Waals surface area contributed by atoms with Crippen molar-refractivity contribution in [3.05, 3.63) is 237 Å². The molecule has 11 nitrogen and oxygen atoms in total. The number of nitrogens with one attached hydrogen (secondary N) is 6. The van der Waals surface area contributed by atoms with Gasteiger partial charge < -0.3 is 35.0 Å². The number of amides is 1. The molecular formula is C50H41N9O2. The van der Waals surface area contributed by atoms with Gasteiger partial charge in [0.15, 0.2) is 0 Å². The van der Waals surface area contributed by atoms with Gasteiger partial charge in [-0.1, -0.05) is 12.1 Å². The average Bonchev–Trinajstić information content (AvgIpc) is 4.17. The Kier molecular flexibility index (Phi) is 10.1. The number of H-pyrrole nitrogens is 5. The van der Waals surface area contributed by atoms with Gasteiger partial charge in [0.25, 0.3) is 0 Å². The highest BCUT2D eigenvalue weighted by Crippen LogP contribution is 2.28. The first kappa shape index (κ1) is 37.1. The van der Waals surface area contributed by atoms with Gasteiger partial charge in [-0.05, 0) is 137 Å². The van der Waals surface area contributed by atoms with Crippen molar-refractivity contribution in [2.24, 2.45) is 0 Å². The number of hydrogen-bond donors (Lipinski definition) is 6. The minimum atomic E-state index is -0.00450. The summed E-state index contributed by atoms with van der Waals surface area (Å²) in [6.07, 6.45) is 15.6. The Morgan fingerprint density at radius 1 is 0.492 bits per heavy atom. The normalized spacial score (nSPS) is 12.5. The van der Waals surface area contributed by atoms with Crippen LogP contribution >= 0.6 is 0 Å². The number of pyridine rings is 3.